The third kappa shape index (κ3) is 2.77. The quantitative estimate of drug-likeness (QED) is 0.782. The summed E-state index contributed by atoms with van der Waals surface area (Å²) in [5.74, 6) is 0.950. The first kappa shape index (κ1) is 13.8. The average molecular weight is 306 g/mol. The van der Waals surface area contributed by atoms with Crippen molar-refractivity contribution in [3.63, 3.8) is 0 Å². The third-order valence-corrected chi connectivity index (χ3v) is 4.31. The van der Waals surface area contributed by atoms with E-state index in [4.69, 9.17) is 0 Å². The second-order valence-corrected chi connectivity index (χ2v) is 5.87. The van der Waals surface area contributed by atoms with Crippen LogP contribution in [0.2, 0.25) is 0 Å². The largest absolute Gasteiger partial charge is 0.361 e. The number of rotatable bonds is 3. The number of aromatic nitrogens is 2. The summed E-state index contributed by atoms with van der Waals surface area (Å²) in [6.07, 6.45) is 4.62. The molecule has 1 aliphatic rings. The van der Waals surface area contributed by atoms with E-state index in [1.54, 1.807) is 6.20 Å². The molecule has 0 spiro atoms. The fraction of sp³-hybridized carbons (Fsp3) is 0.222. The molecule has 1 unspecified atom stereocenters. The molecule has 1 amide bonds. The van der Waals surface area contributed by atoms with E-state index in [-0.39, 0.29) is 11.9 Å². The van der Waals surface area contributed by atoms with Crippen molar-refractivity contribution in [3.8, 4) is 0 Å². The van der Waals surface area contributed by atoms with Gasteiger partial charge in [-0.05, 0) is 42.1 Å². The Labute approximate surface area is 134 Å². The molecule has 23 heavy (non-hydrogen) atoms. The fourth-order valence-corrected chi connectivity index (χ4v) is 3.08. The van der Waals surface area contributed by atoms with Crippen molar-refractivity contribution in [3.05, 3.63) is 60.4 Å². The molecule has 3 heterocycles. The van der Waals surface area contributed by atoms with Gasteiger partial charge >= 0.3 is 0 Å². The molecule has 2 N–H and O–H groups in total. The van der Waals surface area contributed by atoms with Crippen molar-refractivity contribution in [1.29, 1.82) is 0 Å². The highest BCUT2D eigenvalue weighted by Crippen LogP contribution is 2.18. The number of H-pyrrole nitrogens is 1. The number of hydrogen-bond donors (Lipinski definition) is 2. The Morgan fingerprint density at radius 2 is 2.22 bits per heavy atom. The minimum Gasteiger partial charge on any atom is -0.361 e. The molecule has 1 saturated heterocycles. The number of pyridine rings is 1. The summed E-state index contributed by atoms with van der Waals surface area (Å²) >= 11 is 0. The maximum Gasteiger partial charge on any atom is 0.251 e. The fourth-order valence-electron chi connectivity index (χ4n) is 3.08. The summed E-state index contributed by atoms with van der Waals surface area (Å²) < 4.78 is 0. The average Bonchev–Trinajstić information content (AvgIpc) is 3.24. The Bertz CT molecular complexity index is 827. The topological polar surface area (TPSA) is 61.0 Å². The lowest BCUT2D eigenvalue weighted by molar-refractivity contribution is 0.0940. The van der Waals surface area contributed by atoms with E-state index in [1.807, 2.05) is 48.7 Å². The molecule has 0 saturated carbocycles. The standard InChI is InChI=1S/C18H18N4O/c23-18(14-5-4-13-6-9-19-16(13)11-14)21-15-7-10-22(12-15)17-3-1-2-8-20-17/h1-6,8-9,11,15,19H,7,10,12H2,(H,21,23). The first-order valence-corrected chi connectivity index (χ1v) is 7.83. The van der Waals surface area contributed by atoms with E-state index in [0.717, 1.165) is 36.2 Å². The predicted molar refractivity (Wildman–Crippen MR) is 90.6 cm³/mol. The molecule has 0 aliphatic carbocycles. The number of carbonyl (C=O) groups is 1. The van der Waals surface area contributed by atoms with Gasteiger partial charge in [-0.1, -0.05) is 12.1 Å². The maximum atomic E-state index is 12.5. The van der Waals surface area contributed by atoms with Crippen LogP contribution in [-0.4, -0.2) is 35.0 Å². The molecule has 3 aromatic rings. The minimum absolute atomic E-state index is 0.0191. The lowest BCUT2D eigenvalue weighted by Crippen LogP contribution is -2.37. The molecule has 1 aliphatic heterocycles. The molecule has 1 fully saturated rings. The van der Waals surface area contributed by atoms with E-state index in [1.165, 1.54) is 0 Å². The number of carbonyl (C=O) groups excluding carboxylic acids is 1. The molecular weight excluding hydrogens is 288 g/mol. The van der Waals surface area contributed by atoms with Crippen LogP contribution in [0.1, 0.15) is 16.8 Å². The number of amides is 1. The van der Waals surface area contributed by atoms with Crippen molar-refractivity contribution in [1.82, 2.24) is 15.3 Å². The molecule has 0 bridgehead atoms. The van der Waals surface area contributed by atoms with Gasteiger partial charge in [0.15, 0.2) is 0 Å². The predicted octanol–water partition coefficient (Wildman–Crippen LogP) is 2.57. The van der Waals surface area contributed by atoms with Gasteiger partial charge in [-0.3, -0.25) is 4.79 Å². The zero-order chi connectivity index (χ0) is 15.6. The molecule has 1 aromatic carbocycles. The van der Waals surface area contributed by atoms with E-state index < -0.39 is 0 Å². The Hall–Kier alpha value is -2.82. The second-order valence-electron chi connectivity index (χ2n) is 5.87. The summed E-state index contributed by atoms with van der Waals surface area (Å²) in [6.45, 7) is 1.71. The van der Waals surface area contributed by atoms with Crippen molar-refractivity contribution in [2.24, 2.45) is 0 Å². The van der Waals surface area contributed by atoms with Crippen molar-refractivity contribution in [2.75, 3.05) is 18.0 Å². The Balaban J connectivity index is 1.43. The Morgan fingerprint density at radius 3 is 3.09 bits per heavy atom. The number of fused-ring (bicyclic) bond motifs is 1. The first-order chi connectivity index (χ1) is 11.3. The van der Waals surface area contributed by atoms with Crippen molar-refractivity contribution < 1.29 is 4.79 Å². The van der Waals surface area contributed by atoms with Crippen LogP contribution < -0.4 is 10.2 Å². The SMILES string of the molecule is O=C(NC1CCN(c2ccccn2)C1)c1ccc2cc[nH]c2c1. The molecule has 2 aromatic heterocycles. The zero-order valence-corrected chi connectivity index (χ0v) is 12.7. The minimum atomic E-state index is -0.0191. The van der Waals surface area contributed by atoms with Gasteiger partial charge in [0, 0.05) is 42.6 Å². The van der Waals surface area contributed by atoms with Gasteiger partial charge < -0.3 is 15.2 Å². The van der Waals surface area contributed by atoms with E-state index >= 15 is 0 Å². The zero-order valence-electron chi connectivity index (χ0n) is 12.7. The van der Waals surface area contributed by atoms with Crippen LogP contribution in [0.5, 0.6) is 0 Å². The number of nitrogens with one attached hydrogen (secondary N) is 2. The molecule has 1 atom stereocenters. The highest BCUT2D eigenvalue weighted by atomic mass is 16.1. The number of hydrogen-bond acceptors (Lipinski definition) is 3. The van der Waals surface area contributed by atoms with Gasteiger partial charge in [-0.15, -0.1) is 0 Å². The van der Waals surface area contributed by atoms with Crippen LogP contribution in [0.3, 0.4) is 0 Å². The molecule has 0 radical (unpaired) electrons. The number of anilines is 1. The van der Waals surface area contributed by atoms with Gasteiger partial charge in [-0.2, -0.15) is 0 Å². The molecule has 4 rings (SSSR count). The first-order valence-electron chi connectivity index (χ1n) is 7.83. The maximum absolute atomic E-state index is 12.5. The third-order valence-electron chi connectivity index (χ3n) is 4.31. The van der Waals surface area contributed by atoms with Crippen LogP contribution in [0.25, 0.3) is 10.9 Å². The Kier molecular flexibility index (Phi) is 3.46. The van der Waals surface area contributed by atoms with Crippen LogP contribution >= 0.6 is 0 Å². The van der Waals surface area contributed by atoms with E-state index in [2.05, 4.69) is 20.2 Å². The summed E-state index contributed by atoms with van der Waals surface area (Å²) in [5, 5.41) is 4.24. The van der Waals surface area contributed by atoms with Crippen LogP contribution in [0.4, 0.5) is 5.82 Å². The van der Waals surface area contributed by atoms with Gasteiger partial charge in [0.1, 0.15) is 5.82 Å². The van der Waals surface area contributed by atoms with Crippen molar-refractivity contribution >= 4 is 22.6 Å². The van der Waals surface area contributed by atoms with E-state index in [9.17, 15) is 4.79 Å². The van der Waals surface area contributed by atoms with Gasteiger partial charge in [-0.25, -0.2) is 4.98 Å². The second kappa shape index (κ2) is 5.76. The number of aromatic amines is 1. The van der Waals surface area contributed by atoms with E-state index in [0.29, 0.717) is 5.56 Å². The highest BCUT2D eigenvalue weighted by Gasteiger charge is 2.25. The Morgan fingerprint density at radius 1 is 1.26 bits per heavy atom. The summed E-state index contributed by atoms with van der Waals surface area (Å²) in [6, 6.07) is 13.8. The molecular formula is C18H18N4O. The van der Waals surface area contributed by atoms with Crippen LogP contribution in [0, 0.1) is 0 Å². The number of benzene rings is 1. The highest BCUT2D eigenvalue weighted by molar-refractivity contribution is 5.98. The summed E-state index contributed by atoms with van der Waals surface area (Å²) in [4.78, 5) is 22.2. The lowest BCUT2D eigenvalue weighted by Gasteiger charge is -2.17. The van der Waals surface area contributed by atoms with Crippen LogP contribution in [0.15, 0.2) is 54.9 Å². The van der Waals surface area contributed by atoms with Gasteiger partial charge in [0.2, 0.25) is 0 Å². The molecule has 116 valence electrons. The van der Waals surface area contributed by atoms with Crippen LogP contribution in [-0.2, 0) is 0 Å². The smallest absolute Gasteiger partial charge is 0.251 e. The van der Waals surface area contributed by atoms with Crippen molar-refractivity contribution in [2.45, 2.75) is 12.5 Å². The van der Waals surface area contributed by atoms with Gasteiger partial charge in [0.05, 0.1) is 0 Å². The normalized spacial score (nSPS) is 17.6. The lowest BCUT2D eigenvalue weighted by atomic mass is 10.1. The summed E-state index contributed by atoms with van der Waals surface area (Å²) in [7, 11) is 0. The summed E-state index contributed by atoms with van der Waals surface area (Å²) in [5.41, 5.74) is 1.68. The molecule has 5 heteroatoms. The van der Waals surface area contributed by atoms with Gasteiger partial charge in [0.25, 0.3) is 5.91 Å². The number of nitrogens with zero attached hydrogens (tertiary/aromatic N) is 2. The molecule has 5 nitrogen and oxygen atoms in total. The monoisotopic (exact) mass is 306 g/mol.